The average molecular weight is 424 g/mol. The maximum absolute atomic E-state index is 12.2. The van der Waals surface area contributed by atoms with Crippen molar-refractivity contribution in [1.82, 2.24) is 10.3 Å². The van der Waals surface area contributed by atoms with Gasteiger partial charge in [0.1, 0.15) is 24.0 Å². The van der Waals surface area contributed by atoms with Crippen LogP contribution in [0.25, 0.3) is 10.9 Å². The number of carbonyl (C=O) groups excluding carboxylic acids is 2. The lowest BCUT2D eigenvalue weighted by molar-refractivity contribution is -0.143. The summed E-state index contributed by atoms with van der Waals surface area (Å²) in [7, 11) is 1.29. The van der Waals surface area contributed by atoms with Crippen molar-refractivity contribution in [3.8, 4) is 5.75 Å². The lowest BCUT2D eigenvalue weighted by Crippen LogP contribution is -2.45. The maximum Gasteiger partial charge on any atom is 0.408 e. The number of nitrogens with one attached hydrogen (secondary N) is 2. The number of carbonyl (C=O) groups is 2. The molecule has 1 aromatic heterocycles. The molecule has 31 heavy (non-hydrogen) atoms. The van der Waals surface area contributed by atoms with Gasteiger partial charge in [-0.25, -0.2) is 9.59 Å². The molecule has 1 unspecified atom stereocenters. The molecule has 3 aromatic rings. The fourth-order valence-electron chi connectivity index (χ4n) is 3.17. The zero-order valence-electron chi connectivity index (χ0n) is 18.2. The minimum absolute atomic E-state index is 0.260. The second-order valence-corrected chi connectivity index (χ2v) is 8.22. The third-order valence-corrected chi connectivity index (χ3v) is 4.59. The second kappa shape index (κ2) is 9.55. The van der Waals surface area contributed by atoms with Crippen molar-refractivity contribution < 1.29 is 23.8 Å². The molecule has 3 rings (SSSR count). The van der Waals surface area contributed by atoms with E-state index in [4.69, 9.17) is 14.2 Å². The van der Waals surface area contributed by atoms with Gasteiger partial charge < -0.3 is 24.5 Å². The van der Waals surface area contributed by atoms with Crippen molar-refractivity contribution in [1.29, 1.82) is 0 Å². The van der Waals surface area contributed by atoms with Gasteiger partial charge in [0, 0.05) is 29.6 Å². The summed E-state index contributed by atoms with van der Waals surface area (Å²) in [5, 5.41) is 3.54. The molecule has 2 N–H and O–H groups in total. The van der Waals surface area contributed by atoms with Crippen LogP contribution in [-0.2, 0) is 27.3 Å². The summed E-state index contributed by atoms with van der Waals surface area (Å²) < 4.78 is 16.0. The van der Waals surface area contributed by atoms with Gasteiger partial charge in [-0.2, -0.15) is 0 Å². The zero-order chi connectivity index (χ0) is 22.4. The van der Waals surface area contributed by atoms with Gasteiger partial charge in [0.2, 0.25) is 0 Å². The average Bonchev–Trinajstić information content (AvgIpc) is 3.12. The van der Waals surface area contributed by atoms with E-state index in [1.165, 1.54) is 7.11 Å². The van der Waals surface area contributed by atoms with Crippen LogP contribution in [0.1, 0.15) is 31.9 Å². The van der Waals surface area contributed by atoms with Gasteiger partial charge in [-0.3, -0.25) is 0 Å². The van der Waals surface area contributed by atoms with E-state index >= 15 is 0 Å². The van der Waals surface area contributed by atoms with Gasteiger partial charge >= 0.3 is 12.1 Å². The summed E-state index contributed by atoms with van der Waals surface area (Å²) in [4.78, 5) is 27.6. The number of hydrogen-bond acceptors (Lipinski definition) is 5. The first-order valence-electron chi connectivity index (χ1n) is 10.1. The summed E-state index contributed by atoms with van der Waals surface area (Å²) in [6.45, 7) is 5.76. The van der Waals surface area contributed by atoms with Crippen molar-refractivity contribution in [2.45, 2.75) is 45.4 Å². The molecule has 0 aliphatic carbocycles. The molecule has 0 aliphatic rings. The Morgan fingerprint density at radius 2 is 1.84 bits per heavy atom. The van der Waals surface area contributed by atoms with Gasteiger partial charge in [-0.05, 0) is 44.0 Å². The Balaban J connectivity index is 1.71. The maximum atomic E-state index is 12.2. The first kappa shape index (κ1) is 22.2. The van der Waals surface area contributed by atoms with E-state index in [0.29, 0.717) is 6.61 Å². The van der Waals surface area contributed by atoms with Crippen LogP contribution in [0.15, 0.2) is 54.7 Å². The third kappa shape index (κ3) is 6.25. The van der Waals surface area contributed by atoms with Crippen LogP contribution in [0, 0.1) is 0 Å². The fraction of sp³-hybridized carbons (Fsp3) is 0.333. The van der Waals surface area contributed by atoms with Gasteiger partial charge in [-0.1, -0.05) is 30.3 Å². The number of aromatic nitrogens is 1. The Kier molecular flexibility index (Phi) is 6.84. The van der Waals surface area contributed by atoms with Crippen LogP contribution in [0.3, 0.4) is 0 Å². The molecule has 0 bridgehead atoms. The summed E-state index contributed by atoms with van der Waals surface area (Å²) >= 11 is 0. The zero-order valence-corrected chi connectivity index (χ0v) is 18.2. The number of amides is 1. The van der Waals surface area contributed by atoms with Gasteiger partial charge in [0.25, 0.3) is 0 Å². The summed E-state index contributed by atoms with van der Waals surface area (Å²) in [5.74, 6) is 0.198. The van der Waals surface area contributed by atoms with Crippen molar-refractivity contribution >= 4 is 23.0 Å². The molecule has 0 fully saturated rings. The van der Waals surface area contributed by atoms with Gasteiger partial charge in [-0.15, -0.1) is 0 Å². The molecule has 2 aromatic carbocycles. The van der Waals surface area contributed by atoms with E-state index in [1.807, 2.05) is 54.7 Å². The Hall–Kier alpha value is -3.48. The molecule has 1 amide bonds. The number of rotatable bonds is 7. The lowest BCUT2D eigenvalue weighted by atomic mass is 10.0. The number of alkyl carbamates (subject to hydrolysis) is 1. The highest BCUT2D eigenvalue weighted by molar-refractivity contribution is 5.87. The normalized spacial score (nSPS) is 12.3. The van der Waals surface area contributed by atoms with Crippen LogP contribution >= 0.6 is 0 Å². The Labute approximate surface area is 181 Å². The van der Waals surface area contributed by atoms with Crippen LogP contribution in [0.2, 0.25) is 0 Å². The SMILES string of the molecule is COC(=O)C(Cc1c[nH]c2cc(OCc3ccccc3)ccc12)NC(=O)OC(C)(C)C. The quantitative estimate of drug-likeness (QED) is 0.550. The van der Waals surface area contributed by atoms with Crippen LogP contribution in [0.4, 0.5) is 4.79 Å². The van der Waals surface area contributed by atoms with Crippen LogP contribution < -0.4 is 10.1 Å². The highest BCUT2D eigenvalue weighted by Crippen LogP contribution is 2.25. The van der Waals surface area contributed by atoms with Crippen molar-refractivity contribution in [2.24, 2.45) is 0 Å². The molecule has 7 nitrogen and oxygen atoms in total. The summed E-state index contributed by atoms with van der Waals surface area (Å²) in [6, 6.07) is 14.8. The molecule has 0 aliphatic heterocycles. The molecule has 0 radical (unpaired) electrons. The number of aromatic amines is 1. The van der Waals surface area contributed by atoms with E-state index in [9.17, 15) is 9.59 Å². The fourth-order valence-corrected chi connectivity index (χ4v) is 3.17. The first-order chi connectivity index (χ1) is 14.7. The van der Waals surface area contributed by atoms with E-state index in [1.54, 1.807) is 20.8 Å². The third-order valence-electron chi connectivity index (χ3n) is 4.59. The standard InChI is InChI=1S/C24H28N2O5/c1-24(2,3)31-23(28)26-21(22(27)29-4)12-17-14-25-20-13-18(10-11-19(17)20)30-15-16-8-6-5-7-9-16/h5-11,13-14,21,25H,12,15H2,1-4H3,(H,26,28). The monoisotopic (exact) mass is 424 g/mol. The van der Waals surface area contributed by atoms with E-state index in [-0.39, 0.29) is 6.42 Å². The predicted molar refractivity (Wildman–Crippen MR) is 118 cm³/mol. The first-order valence-corrected chi connectivity index (χ1v) is 10.1. The second-order valence-electron chi connectivity index (χ2n) is 8.22. The highest BCUT2D eigenvalue weighted by Gasteiger charge is 2.26. The van der Waals surface area contributed by atoms with E-state index < -0.39 is 23.7 Å². The number of methoxy groups -OCH3 is 1. The topological polar surface area (TPSA) is 89.7 Å². The Morgan fingerprint density at radius 1 is 1.10 bits per heavy atom. The minimum Gasteiger partial charge on any atom is -0.489 e. The Morgan fingerprint density at radius 3 is 2.52 bits per heavy atom. The summed E-state index contributed by atoms with van der Waals surface area (Å²) in [5.41, 5.74) is 2.17. The van der Waals surface area contributed by atoms with Gasteiger partial charge in [0.15, 0.2) is 0 Å². The van der Waals surface area contributed by atoms with Crippen molar-refractivity contribution in [3.05, 3.63) is 65.9 Å². The predicted octanol–water partition coefficient (Wildman–Crippen LogP) is 4.36. The molecule has 1 heterocycles. The Bertz CT molecular complexity index is 1040. The summed E-state index contributed by atoms with van der Waals surface area (Å²) in [6.07, 6.45) is 1.41. The molecular weight excluding hydrogens is 396 g/mol. The molecule has 0 spiro atoms. The number of fused-ring (bicyclic) bond motifs is 1. The molecule has 0 saturated heterocycles. The number of H-pyrrole nitrogens is 1. The molecule has 7 heteroatoms. The molecule has 1 atom stereocenters. The highest BCUT2D eigenvalue weighted by atomic mass is 16.6. The minimum atomic E-state index is -0.868. The van der Waals surface area contributed by atoms with E-state index in [0.717, 1.165) is 27.8 Å². The largest absolute Gasteiger partial charge is 0.489 e. The molecule has 164 valence electrons. The molecule has 0 saturated carbocycles. The van der Waals surface area contributed by atoms with Gasteiger partial charge in [0.05, 0.1) is 7.11 Å². The van der Waals surface area contributed by atoms with Crippen LogP contribution in [0.5, 0.6) is 5.75 Å². The van der Waals surface area contributed by atoms with E-state index in [2.05, 4.69) is 10.3 Å². The number of esters is 1. The number of ether oxygens (including phenoxy) is 3. The van der Waals surface area contributed by atoms with Crippen molar-refractivity contribution in [2.75, 3.05) is 7.11 Å². The van der Waals surface area contributed by atoms with Crippen molar-refractivity contribution in [3.63, 3.8) is 0 Å². The number of hydrogen-bond donors (Lipinski definition) is 2. The molecular formula is C24H28N2O5. The number of benzene rings is 2. The lowest BCUT2D eigenvalue weighted by Gasteiger charge is -2.22. The van der Waals surface area contributed by atoms with Crippen LogP contribution in [-0.4, -0.2) is 35.8 Å². The smallest absolute Gasteiger partial charge is 0.408 e.